The minimum absolute atomic E-state index is 0.312. The minimum atomic E-state index is -0.514. The smallest absolute Gasteiger partial charge is 0.245 e. The zero-order valence-corrected chi connectivity index (χ0v) is 14.2. The van der Waals surface area contributed by atoms with Gasteiger partial charge in [-0.15, -0.1) is 0 Å². The van der Waals surface area contributed by atoms with Crippen molar-refractivity contribution in [3.05, 3.63) is 70.8 Å². The third-order valence-corrected chi connectivity index (χ3v) is 3.84. The van der Waals surface area contributed by atoms with E-state index in [9.17, 15) is 4.79 Å². The standard InChI is InChI=1S/C20H22N2O2/c1-13-11-17(24-12-16-7-5-4-6-8-16)9-10-18(13)19(15(3)21)14(2)20(22)23/h4-11,21H,12H2,1-3H3,(H2,22,23)/b19-14+,21-15?. The largest absolute Gasteiger partial charge is 0.489 e. The highest BCUT2D eigenvalue weighted by molar-refractivity contribution is 6.26. The molecule has 2 aromatic carbocycles. The summed E-state index contributed by atoms with van der Waals surface area (Å²) >= 11 is 0. The van der Waals surface area contributed by atoms with Crippen molar-refractivity contribution >= 4 is 17.2 Å². The van der Waals surface area contributed by atoms with E-state index in [1.807, 2.05) is 55.5 Å². The van der Waals surface area contributed by atoms with Crippen LogP contribution in [0.1, 0.15) is 30.5 Å². The number of hydrogen-bond donors (Lipinski definition) is 2. The fraction of sp³-hybridized carbons (Fsp3) is 0.200. The summed E-state index contributed by atoms with van der Waals surface area (Å²) in [6, 6.07) is 15.6. The first-order chi connectivity index (χ1) is 11.4. The average molecular weight is 322 g/mol. The number of carbonyl (C=O) groups excluding carboxylic acids is 1. The van der Waals surface area contributed by atoms with E-state index in [0.717, 1.165) is 22.4 Å². The molecule has 0 saturated carbocycles. The third-order valence-electron chi connectivity index (χ3n) is 3.84. The van der Waals surface area contributed by atoms with Crippen molar-refractivity contribution in [3.63, 3.8) is 0 Å². The summed E-state index contributed by atoms with van der Waals surface area (Å²) in [5.41, 5.74) is 9.52. The first kappa shape index (κ1) is 17.5. The summed E-state index contributed by atoms with van der Waals surface area (Å²) < 4.78 is 5.81. The van der Waals surface area contributed by atoms with Gasteiger partial charge in [0.15, 0.2) is 0 Å². The highest BCUT2D eigenvalue weighted by Gasteiger charge is 2.15. The van der Waals surface area contributed by atoms with Gasteiger partial charge in [0.2, 0.25) is 5.91 Å². The lowest BCUT2D eigenvalue weighted by Gasteiger charge is -2.14. The predicted octanol–water partition coefficient (Wildman–Crippen LogP) is 3.87. The van der Waals surface area contributed by atoms with Crippen LogP contribution >= 0.6 is 0 Å². The molecule has 124 valence electrons. The molecule has 3 N–H and O–H groups in total. The molecule has 0 heterocycles. The summed E-state index contributed by atoms with van der Waals surface area (Å²) in [5, 5.41) is 7.96. The van der Waals surface area contributed by atoms with E-state index in [4.69, 9.17) is 15.9 Å². The van der Waals surface area contributed by atoms with E-state index >= 15 is 0 Å². The van der Waals surface area contributed by atoms with Gasteiger partial charge < -0.3 is 15.9 Å². The van der Waals surface area contributed by atoms with Gasteiger partial charge >= 0.3 is 0 Å². The Morgan fingerprint density at radius 3 is 2.33 bits per heavy atom. The van der Waals surface area contributed by atoms with Gasteiger partial charge in [0.1, 0.15) is 12.4 Å². The van der Waals surface area contributed by atoms with E-state index in [1.54, 1.807) is 13.8 Å². The summed E-state index contributed by atoms with van der Waals surface area (Å²) in [6.45, 7) is 5.73. The number of nitrogens with two attached hydrogens (primary N) is 1. The van der Waals surface area contributed by atoms with Crippen molar-refractivity contribution in [3.8, 4) is 5.75 Å². The van der Waals surface area contributed by atoms with Gasteiger partial charge in [-0.2, -0.15) is 0 Å². The molecule has 0 aliphatic rings. The number of carbonyl (C=O) groups is 1. The number of amides is 1. The maximum absolute atomic E-state index is 11.5. The molecule has 0 spiro atoms. The second kappa shape index (κ2) is 7.59. The molecule has 1 amide bonds. The Labute approximate surface area is 142 Å². The SMILES string of the molecule is CC(=N)/C(=C(/C)C(N)=O)c1ccc(OCc2ccccc2)cc1C. The maximum atomic E-state index is 11.5. The van der Waals surface area contributed by atoms with Crippen molar-refractivity contribution in [2.45, 2.75) is 27.4 Å². The van der Waals surface area contributed by atoms with Gasteiger partial charge in [0.05, 0.1) is 0 Å². The van der Waals surface area contributed by atoms with Crippen LogP contribution in [-0.4, -0.2) is 11.6 Å². The number of ether oxygens (including phenoxy) is 1. The van der Waals surface area contributed by atoms with E-state index in [0.29, 0.717) is 23.5 Å². The Bertz CT molecular complexity index is 793. The lowest BCUT2D eigenvalue weighted by atomic mass is 9.93. The van der Waals surface area contributed by atoms with Gasteiger partial charge in [0.25, 0.3) is 0 Å². The maximum Gasteiger partial charge on any atom is 0.245 e. The molecule has 4 heteroatoms. The van der Waals surface area contributed by atoms with Crippen molar-refractivity contribution in [2.24, 2.45) is 5.73 Å². The second-order valence-electron chi connectivity index (χ2n) is 5.74. The number of hydrogen-bond acceptors (Lipinski definition) is 3. The molecule has 24 heavy (non-hydrogen) atoms. The van der Waals surface area contributed by atoms with E-state index in [-0.39, 0.29) is 0 Å². The second-order valence-corrected chi connectivity index (χ2v) is 5.74. The van der Waals surface area contributed by atoms with E-state index in [1.165, 1.54) is 0 Å². The molecule has 0 radical (unpaired) electrons. The first-order valence-corrected chi connectivity index (χ1v) is 7.74. The Balaban J connectivity index is 2.27. The number of aryl methyl sites for hydroxylation is 1. The normalized spacial score (nSPS) is 11.6. The molecule has 0 fully saturated rings. The van der Waals surface area contributed by atoms with Crippen LogP contribution in [0, 0.1) is 12.3 Å². The van der Waals surface area contributed by atoms with Crippen molar-refractivity contribution in [1.82, 2.24) is 0 Å². The lowest BCUT2D eigenvalue weighted by Crippen LogP contribution is -2.16. The number of benzene rings is 2. The molecule has 0 atom stereocenters. The van der Waals surface area contributed by atoms with Gasteiger partial charge in [0, 0.05) is 16.9 Å². The van der Waals surface area contributed by atoms with Crippen LogP contribution in [0.25, 0.3) is 5.57 Å². The van der Waals surface area contributed by atoms with Crippen LogP contribution in [-0.2, 0) is 11.4 Å². The number of rotatable bonds is 6. The minimum Gasteiger partial charge on any atom is -0.489 e. The van der Waals surface area contributed by atoms with Crippen LogP contribution in [0.15, 0.2) is 54.1 Å². The average Bonchev–Trinajstić information content (AvgIpc) is 2.55. The first-order valence-electron chi connectivity index (χ1n) is 7.74. The van der Waals surface area contributed by atoms with Crippen molar-refractivity contribution < 1.29 is 9.53 Å². The van der Waals surface area contributed by atoms with E-state index in [2.05, 4.69) is 0 Å². The fourth-order valence-electron chi connectivity index (χ4n) is 2.56. The number of primary amides is 1. The highest BCUT2D eigenvalue weighted by Crippen LogP contribution is 2.27. The third kappa shape index (κ3) is 4.10. The Morgan fingerprint density at radius 1 is 1.12 bits per heavy atom. The monoisotopic (exact) mass is 322 g/mol. The van der Waals surface area contributed by atoms with Crippen LogP contribution < -0.4 is 10.5 Å². The van der Waals surface area contributed by atoms with Crippen molar-refractivity contribution in [2.75, 3.05) is 0 Å². The molecule has 0 aliphatic carbocycles. The predicted molar refractivity (Wildman–Crippen MR) is 97.1 cm³/mol. The molecule has 0 bridgehead atoms. The zero-order chi connectivity index (χ0) is 17.7. The topological polar surface area (TPSA) is 76.2 Å². The molecule has 2 aromatic rings. The van der Waals surface area contributed by atoms with Crippen LogP contribution in [0.2, 0.25) is 0 Å². The highest BCUT2D eigenvalue weighted by atomic mass is 16.5. The van der Waals surface area contributed by atoms with E-state index < -0.39 is 5.91 Å². The van der Waals surface area contributed by atoms with Crippen LogP contribution in [0.5, 0.6) is 5.75 Å². The molecule has 2 rings (SSSR count). The Morgan fingerprint density at radius 2 is 1.79 bits per heavy atom. The van der Waals surface area contributed by atoms with Gasteiger partial charge in [-0.1, -0.05) is 36.4 Å². The molecule has 0 unspecified atom stereocenters. The molecular formula is C20H22N2O2. The van der Waals surface area contributed by atoms with Gasteiger partial charge in [-0.05, 0) is 49.6 Å². The Hall–Kier alpha value is -2.88. The fourth-order valence-corrected chi connectivity index (χ4v) is 2.56. The molecule has 0 aliphatic heterocycles. The lowest BCUT2D eigenvalue weighted by molar-refractivity contribution is -0.114. The van der Waals surface area contributed by atoms with Crippen LogP contribution in [0.4, 0.5) is 0 Å². The molecule has 4 nitrogen and oxygen atoms in total. The summed E-state index contributed by atoms with van der Waals surface area (Å²) in [6.07, 6.45) is 0. The molecule has 0 aromatic heterocycles. The summed E-state index contributed by atoms with van der Waals surface area (Å²) in [4.78, 5) is 11.5. The van der Waals surface area contributed by atoms with Gasteiger partial charge in [-0.3, -0.25) is 4.79 Å². The molecular weight excluding hydrogens is 300 g/mol. The summed E-state index contributed by atoms with van der Waals surface area (Å²) in [7, 11) is 0. The van der Waals surface area contributed by atoms with Crippen LogP contribution in [0.3, 0.4) is 0 Å². The summed E-state index contributed by atoms with van der Waals surface area (Å²) in [5.74, 6) is 0.235. The number of allylic oxidation sites excluding steroid dienone is 1. The zero-order valence-electron chi connectivity index (χ0n) is 14.2. The van der Waals surface area contributed by atoms with Gasteiger partial charge in [-0.25, -0.2) is 0 Å². The molecule has 0 saturated heterocycles. The quantitative estimate of drug-likeness (QED) is 0.625. The number of nitrogens with one attached hydrogen (secondary N) is 1. The Kier molecular flexibility index (Phi) is 5.53. The van der Waals surface area contributed by atoms with Crippen molar-refractivity contribution in [1.29, 1.82) is 5.41 Å².